The minimum atomic E-state index is -4.46. The normalized spacial score (nSPS) is 12.5. The molecule has 20 heavy (non-hydrogen) atoms. The first-order chi connectivity index (χ1) is 8.75. The zero-order chi connectivity index (χ0) is 14.6. The van der Waals surface area contributed by atoms with Crippen molar-refractivity contribution in [2.75, 3.05) is 19.0 Å². The van der Waals surface area contributed by atoms with Crippen molar-refractivity contribution in [3.8, 4) is 0 Å². The van der Waals surface area contributed by atoms with Gasteiger partial charge in [0.1, 0.15) is 6.04 Å². The lowest BCUT2D eigenvalue weighted by Gasteiger charge is -2.14. The van der Waals surface area contributed by atoms with Crippen LogP contribution in [0.15, 0.2) is 18.2 Å². The van der Waals surface area contributed by atoms with E-state index in [1.165, 1.54) is 26.2 Å². The molecule has 0 bridgehead atoms. The van der Waals surface area contributed by atoms with E-state index in [1.54, 1.807) is 0 Å². The molecule has 1 aromatic rings. The molecule has 0 saturated carbocycles. The molecule has 0 aliphatic rings. The van der Waals surface area contributed by atoms with E-state index in [-0.39, 0.29) is 30.3 Å². The summed E-state index contributed by atoms with van der Waals surface area (Å²) in [6.45, 7) is 1.34. The number of rotatable bonds is 4. The summed E-state index contributed by atoms with van der Waals surface area (Å²) in [6, 6.07) is 2.63. The molecule has 0 aromatic heterocycles. The molecule has 0 spiro atoms. The van der Waals surface area contributed by atoms with E-state index in [1.807, 2.05) is 0 Å². The number of nitrogens with two attached hydrogens (primary N) is 1. The second kappa shape index (κ2) is 7.47. The average molecular weight is 313 g/mol. The van der Waals surface area contributed by atoms with Crippen LogP contribution < -0.4 is 11.1 Å². The molecule has 0 aliphatic carbocycles. The molecule has 0 radical (unpaired) electrons. The fraction of sp³-hybridized carbons (Fsp3) is 0.417. The lowest BCUT2D eigenvalue weighted by Crippen LogP contribution is -2.39. The van der Waals surface area contributed by atoms with Gasteiger partial charge in [-0.15, -0.1) is 12.4 Å². The van der Waals surface area contributed by atoms with Crippen LogP contribution in [0.3, 0.4) is 0 Å². The van der Waals surface area contributed by atoms with Crippen LogP contribution in [0.5, 0.6) is 0 Å². The summed E-state index contributed by atoms with van der Waals surface area (Å²) in [4.78, 5) is 11.6. The van der Waals surface area contributed by atoms with Crippen LogP contribution in [0, 0.1) is 6.92 Å². The second-order valence-electron chi connectivity index (χ2n) is 4.08. The number of ether oxygens (including phenoxy) is 1. The highest BCUT2D eigenvalue weighted by Gasteiger charge is 2.32. The molecule has 114 valence electrons. The summed E-state index contributed by atoms with van der Waals surface area (Å²) < 4.78 is 42.8. The Balaban J connectivity index is 0.00000361. The lowest BCUT2D eigenvalue weighted by molar-refractivity contribution is -0.138. The van der Waals surface area contributed by atoms with Gasteiger partial charge in [0.05, 0.1) is 12.2 Å². The first kappa shape index (κ1) is 18.7. The summed E-state index contributed by atoms with van der Waals surface area (Å²) >= 11 is 0. The van der Waals surface area contributed by atoms with E-state index in [2.05, 4.69) is 5.32 Å². The number of nitrogens with one attached hydrogen (secondary N) is 1. The number of hydrogen-bond acceptors (Lipinski definition) is 3. The van der Waals surface area contributed by atoms with Crippen molar-refractivity contribution >= 4 is 24.0 Å². The van der Waals surface area contributed by atoms with Crippen molar-refractivity contribution in [2.45, 2.75) is 19.1 Å². The molecule has 1 rings (SSSR count). The molecule has 0 saturated heterocycles. The minimum Gasteiger partial charge on any atom is -0.383 e. The molecule has 3 N–H and O–H groups in total. The highest BCUT2D eigenvalue weighted by molar-refractivity contribution is 5.94. The average Bonchev–Trinajstić information content (AvgIpc) is 2.30. The third kappa shape index (κ3) is 4.99. The molecule has 4 nitrogen and oxygen atoms in total. The molecular weight excluding hydrogens is 297 g/mol. The molecule has 0 heterocycles. The maximum absolute atomic E-state index is 12.7. The molecule has 1 aromatic carbocycles. The quantitative estimate of drug-likeness (QED) is 0.897. The smallest absolute Gasteiger partial charge is 0.383 e. The first-order valence-electron chi connectivity index (χ1n) is 5.49. The van der Waals surface area contributed by atoms with Gasteiger partial charge in [-0.1, -0.05) is 6.07 Å². The van der Waals surface area contributed by atoms with Gasteiger partial charge in [-0.05, 0) is 24.6 Å². The van der Waals surface area contributed by atoms with Gasteiger partial charge >= 0.3 is 6.18 Å². The van der Waals surface area contributed by atoms with E-state index < -0.39 is 23.7 Å². The van der Waals surface area contributed by atoms with Crippen LogP contribution in [-0.2, 0) is 15.7 Å². The lowest BCUT2D eigenvalue weighted by atomic mass is 10.1. The topological polar surface area (TPSA) is 64.3 Å². The SMILES string of the molecule is COCC(N)C(=O)Nc1ccc(C)c(C(F)(F)F)c1.Cl. The van der Waals surface area contributed by atoms with Crippen molar-refractivity contribution < 1.29 is 22.7 Å². The first-order valence-corrected chi connectivity index (χ1v) is 5.49. The van der Waals surface area contributed by atoms with E-state index in [4.69, 9.17) is 10.5 Å². The summed E-state index contributed by atoms with van der Waals surface area (Å²) in [7, 11) is 1.38. The third-order valence-electron chi connectivity index (χ3n) is 2.49. The largest absolute Gasteiger partial charge is 0.416 e. The van der Waals surface area contributed by atoms with E-state index in [0.29, 0.717) is 0 Å². The van der Waals surface area contributed by atoms with Crippen LogP contribution in [0.25, 0.3) is 0 Å². The van der Waals surface area contributed by atoms with E-state index >= 15 is 0 Å². The minimum absolute atomic E-state index is 0. The monoisotopic (exact) mass is 312 g/mol. The molecule has 1 amide bonds. The van der Waals surface area contributed by atoms with E-state index in [0.717, 1.165) is 6.07 Å². The zero-order valence-corrected chi connectivity index (χ0v) is 11.8. The summed E-state index contributed by atoms with van der Waals surface area (Å²) in [5.74, 6) is -0.598. The van der Waals surface area contributed by atoms with Gasteiger partial charge < -0.3 is 15.8 Å². The van der Waals surface area contributed by atoms with Gasteiger partial charge in [0.25, 0.3) is 0 Å². The number of carbonyl (C=O) groups excluding carboxylic acids is 1. The van der Waals surface area contributed by atoms with Crippen LogP contribution in [0.2, 0.25) is 0 Å². The predicted octanol–water partition coefficient (Wildman–Crippen LogP) is 2.35. The van der Waals surface area contributed by atoms with Crippen LogP contribution >= 0.6 is 12.4 Å². The number of halogens is 4. The van der Waals surface area contributed by atoms with Gasteiger partial charge in [-0.25, -0.2) is 0 Å². The Morgan fingerprint density at radius 2 is 2.05 bits per heavy atom. The van der Waals surface area contributed by atoms with Gasteiger partial charge in [0.15, 0.2) is 0 Å². The number of carbonyl (C=O) groups is 1. The zero-order valence-electron chi connectivity index (χ0n) is 11.0. The number of aryl methyl sites for hydroxylation is 1. The number of hydrogen-bond donors (Lipinski definition) is 2. The van der Waals surface area contributed by atoms with Gasteiger partial charge in [-0.2, -0.15) is 13.2 Å². The molecule has 8 heteroatoms. The summed E-state index contributed by atoms with van der Waals surface area (Å²) in [5.41, 5.74) is 4.82. The van der Waals surface area contributed by atoms with Gasteiger partial charge in [0.2, 0.25) is 5.91 Å². The van der Waals surface area contributed by atoms with Crippen LogP contribution in [0.4, 0.5) is 18.9 Å². The van der Waals surface area contributed by atoms with Crippen LogP contribution in [-0.4, -0.2) is 25.7 Å². The number of benzene rings is 1. The third-order valence-corrected chi connectivity index (χ3v) is 2.49. The van der Waals surface area contributed by atoms with Crippen molar-refractivity contribution in [3.05, 3.63) is 29.3 Å². The maximum atomic E-state index is 12.7. The molecule has 0 fully saturated rings. The molecule has 1 atom stereocenters. The highest BCUT2D eigenvalue weighted by atomic mass is 35.5. The van der Waals surface area contributed by atoms with Crippen molar-refractivity contribution in [3.63, 3.8) is 0 Å². The number of methoxy groups -OCH3 is 1. The van der Waals surface area contributed by atoms with Crippen molar-refractivity contribution in [1.82, 2.24) is 0 Å². The fourth-order valence-corrected chi connectivity index (χ4v) is 1.50. The summed E-state index contributed by atoms with van der Waals surface area (Å²) in [6.07, 6.45) is -4.46. The Kier molecular flexibility index (Phi) is 6.98. The Hall–Kier alpha value is -1.31. The van der Waals surface area contributed by atoms with Gasteiger partial charge in [-0.3, -0.25) is 4.79 Å². The maximum Gasteiger partial charge on any atom is 0.416 e. The molecule has 0 aliphatic heterocycles. The van der Waals surface area contributed by atoms with Crippen LogP contribution in [0.1, 0.15) is 11.1 Å². The van der Waals surface area contributed by atoms with Crippen molar-refractivity contribution in [2.24, 2.45) is 5.73 Å². The number of alkyl halides is 3. The van der Waals surface area contributed by atoms with Crippen molar-refractivity contribution in [1.29, 1.82) is 0 Å². The Labute approximate surface area is 120 Å². The fourth-order valence-electron chi connectivity index (χ4n) is 1.50. The molecule has 1 unspecified atom stereocenters. The van der Waals surface area contributed by atoms with E-state index in [9.17, 15) is 18.0 Å². The summed E-state index contributed by atoms with van der Waals surface area (Å²) in [5, 5.41) is 2.32. The Morgan fingerprint density at radius 3 is 2.55 bits per heavy atom. The second-order valence-corrected chi connectivity index (χ2v) is 4.08. The highest BCUT2D eigenvalue weighted by Crippen LogP contribution is 2.33. The Morgan fingerprint density at radius 1 is 1.45 bits per heavy atom. The Bertz CT molecular complexity index is 467. The standard InChI is InChI=1S/C12H15F3N2O2.ClH/c1-7-3-4-8(5-9(7)12(13,14)15)17-11(18)10(16)6-19-2;/h3-5,10H,6,16H2,1-2H3,(H,17,18);1H. The van der Waals surface area contributed by atoms with Gasteiger partial charge in [0, 0.05) is 12.8 Å². The molecular formula is C12H16ClF3N2O2. The number of anilines is 1. The predicted molar refractivity (Wildman–Crippen MR) is 71.9 cm³/mol. The number of amides is 1.